The van der Waals surface area contributed by atoms with E-state index in [0.717, 1.165) is 5.56 Å². The van der Waals surface area contributed by atoms with E-state index >= 15 is 0 Å². The molecule has 0 aromatic heterocycles. The van der Waals surface area contributed by atoms with Gasteiger partial charge in [0.05, 0.1) is 4.90 Å². The van der Waals surface area contributed by atoms with Crippen molar-refractivity contribution in [3.63, 3.8) is 0 Å². The minimum atomic E-state index is -3.67. The molecule has 25 heavy (non-hydrogen) atoms. The van der Waals surface area contributed by atoms with Gasteiger partial charge in [-0.3, -0.25) is 4.79 Å². The van der Waals surface area contributed by atoms with E-state index in [4.69, 9.17) is 5.73 Å². The van der Waals surface area contributed by atoms with Crippen LogP contribution in [0, 0.1) is 0 Å². The van der Waals surface area contributed by atoms with Gasteiger partial charge >= 0.3 is 0 Å². The maximum atomic E-state index is 13.0. The second-order valence-electron chi connectivity index (χ2n) is 5.57. The molecule has 0 bridgehead atoms. The van der Waals surface area contributed by atoms with Gasteiger partial charge in [-0.25, -0.2) is 8.42 Å². The number of hydrogen-bond donors (Lipinski definition) is 2. The second-order valence-corrected chi connectivity index (χ2v) is 7.51. The average Bonchev–Trinajstić information content (AvgIpc) is 2.65. The highest BCUT2D eigenvalue weighted by atomic mass is 32.2. The molecular weight excluding hydrogens is 338 g/mol. The van der Waals surface area contributed by atoms with Crippen molar-refractivity contribution in [3.05, 3.63) is 65.7 Å². The summed E-state index contributed by atoms with van der Waals surface area (Å²) in [6, 6.07) is 15.4. The van der Waals surface area contributed by atoms with Crippen LogP contribution in [0.5, 0.6) is 0 Å². The zero-order chi connectivity index (χ0) is 18.3. The van der Waals surface area contributed by atoms with Gasteiger partial charge in [-0.1, -0.05) is 30.3 Å². The number of rotatable bonds is 8. The Morgan fingerprint density at radius 3 is 2.28 bits per heavy atom. The zero-order valence-electron chi connectivity index (χ0n) is 14.2. The van der Waals surface area contributed by atoms with Crippen molar-refractivity contribution in [2.45, 2.75) is 17.9 Å². The smallest absolute Gasteiger partial charge is 0.251 e. The summed E-state index contributed by atoms with van der Waals surface area (Å²) in [6.07, 6.45) is 0.572. The highest BCUT2D eigenvalue weighted by molar-refractivity contribution is 7.89. The average molecular weight is 361 g/mol. The van der Waals surface area contributed by atoms with Crippen LogP contribution in [-0.2, 0) is 16.6 Å². The number of nitrogens with two attached hydrogens (primary N) is 1. The van der Waals surface area contributed by atoms with E-state index in [1.165, 1.54) is 35.6 Å². The summed E-state index contributed by atoms with van der Waals surface area (Å²) in [5, 5.41) is 2.51. The lowest BCUT2D eigenvalue weighted by molar-refractivity contribution is 0.0963. The number of carbonyl (C=O) groups is 1. The number of amides is 1. The number of sulfonamides is 1. The zero-order valence-corrected chi connectivity index (χ0v) is 15.0. The Bertz CT molecular complexity index is 790. The van der Waals surface area contributed by atoms with Crippen LogP contribution < -0.4 is 11.1 Å². The Labute approximate surface area is 148 Å². The van der Waals surface area contributed by atoms with Gasteiger partial charge in [-0.05, 0) is 42.8 Å². The molecule has 2 aromatic rings. The summed E-state index contributed by atoms with van der Waals surface area (Å²) in [5.41, 5.74) is 6.88. The Hall–Kier alpha value is -2.22. The van der Waals surface area contributed by atoms with Crippen LogP contribution in [-0.4, -0.2) is 38.8 Å². The molecule has 0 radical (unpaired) electrons. The standard InChI is InChI=1S/C18H23N3O3S/c1-20-18(22)16-8-10-17(11-9-16)25(23,24)21(13-5-12-19)14-15-6-3-2-4-7-15/h2-4,6-11H,5,12-14,19H2,1H3,(H,20,22). The highest BCUT2D eigenvalue weighted by Crippen LogP contribution is 2.19. The van der Waals surface area contributed by atoms with Gasteiger partial charge in [0.15, 0.2) is 0 Å². The lowest BCUT2D eigenvalue weighted by Crippen LogP contribution is -2.32. The van der Waals surface area contributed by atoms with Gasteiger partial charge in [0, 0.05) is 25.7 Å². The minimum absolute atomic E-state index is 0.160. The first-order valence-electron chi connectivity index (χ1n) is 8.05. The molecule has 0 saturated carbocycles. The van der Waals surface area contributed by atoms with Crippen LogP contribution in [0.15, 0.2) is 59.5 Å². The summed E-state index contributed by atoms with van der Waals surface area (Å²) in [4.78, 5) is 11.8. The SMILES string of the molecule is CNC(=O)c1ccc(S(=O)(=O)N(CCCN)Cc2ccccc2)cc1. The van der Waals surface area contributed by atoms with E-state index < -0.39 is 10.0 Å². The first-order chi connectivity index (χ1) is 12.0. The lowest BCUT2D eigenvalue weighted by Gasteiger charge is -2.22. The van der Waals surface area contributed by atoms with Crippen molar-refractivity contribution in [2.75, 3.05) is 20.1 Å². The van der Waals surface area contributed by atoms with E-state index in [9.17, 15) is 13.2 Å². The minimum Gasteiger partial charge on any atom is -0.355 e. The van der Waals surface area contributed by atoms with Gasteiger partial charge in [0.2, 0.25) is 10.0 Å². The van der Waals surface area contributed by atoms with Gasteiger partial charge in [0.25, 0.3) is 5.91 Å². The third kappa shape index (κ3) is 4.88. The third-order valence-corrected chi connectivity index (χ3v) is 5.65. The first kappa shape index (κ1) is 19.1. The summed E-state index contributed by atoms with van der Waals surface area (Å²) < 4.78 is 27.4. The molecule has 134 valence electrons. The fraction of sp³-hybridized carbons (Fsp3) is 0.278. The molecule has 0 heterocycles. The van der Waals surface area contributed by atoms with Gasteiger partial charge in [-0.15, -0.1) is 0 Å². The van der Waals surface area contributed by atoms with Crippen molar-refractivity contribution in [3.8, 4) is 0 Å². The van der Waals surface area contributed by atoms with Crippen molar-refractivity contribution in [1.82, 2.24) is 9.62 Å². The molecule has 0 aliphatic rings. The summed E-state index contributed by atoms with van der Waals surface area (Å²) in [6.45, 7) is 1.03. The first-order valence-corrected chi connectivity index (χ1v) is 9.49. The van der Waals surface area contributed by atoms with Crippen LogP contribution in [0.3, 0.4) is 0 Å². The maximum Gasteiger partial charge on any atom is 0.251 e. The molecule has 2 aromatic carbocycles. The number of benzene rings is 2. The van der Waals surface area contributed by atoms with Crippen molar-refractivity contribution >= 4 is 15.9 Å². The fourth-order valence-corrected chi connectivity index (χ4v) is 3.88. The molecule has 1 amide bonds. The monoisotopic (exact) mass is 361 g/mol. The highest BCUT2D eigenvalue weighted by Gasteiger charge is 2.24. The maximum absolute atomic E-state index is 13.0. The van der Waals surface area contributed by atoms with Gasteiger partial charge in [0.1, 0.15) is 0 Å². The molecular formula is C18H23N3O3S. The second kappa shape index (κ2) is 8.75. The summed E-state index contributed by atoms with van der Waals surface area (Å²) in [7, 11) is -2.15. The Balaban J connectivity index is 2.28. The predicted molar refractivity (Wildman–Crippen MR) is 97.5 cm³/mol. The number of nitrogens with one attached hydrogen (secondary N) is 1. The van der Waals surface area contributed by atoms with Crippen molar-refractivity contribution in [1.29, 1.82) is 0 Å². The molecule has 3 N–H and O–H groups in total. The van der Waals surface area contributed by atoms with Crippen molar-refractivity contribution < 1.29 is 13.2 Å². The van der Waals surface area contributed by atoms with Crippen LogP contribution in [0.1, 0.15) is 22.3 Å². The summed E-state index contributed by atoms with van der Waals surface area (Å²) in [5.74, 6) is -0.256. The normalized spacial score (nSPS) is 11.5. The Morgan fingerprint density at radius 2 is 1.72 bits per heavy atom. The molecule has 0 atom stereocenters. The van der Waals surface area contributed by atoms with E-state index in [1.807, 2.05) is 30.3 Å². The third-order valence-electron chi connectivity index (χ3n) is 3.79. The van der Waals surface area contributed by atoms with Crippen molar-refractivity contribution in [2.24, 2.45) is 5.73 Å². The fourth-order valence-electron chi connectivity index (χ4n) is 2.41. The Kier molecular flexibility index (Phi) is 6.69. The van der Waals surface area contributed by atoms with E-state index in [-0.39, 0.29) is 17.3 Å². The Morgan fingerprint density at radius 1 is 1.08 bits per heavy atom. The number of nitrogens with zero attached hydrogens (tertiary/aromatic N) is 1. The van der Waals surface area contributed by atoms with E-state index in [1.54, 1.807) is 0 Å². The predicted octanol–water partition coefficient (Wildman–Crippen LogP) is 1.59. The number of hydrogen-bond acceptors (Lipinski definition) is 4. The topological polar surface area (TPSA) is 92.5 Å². The largest absolute Gasteiger partial charge is 0.355 e. The molecule has 0 saturated heterocycles. The molecule has 6 nitrogen and oxygen atoms in total. The van der Waals surface area contributed by atoms with Crippen LogP contribution in [0.4, 0.5) is 0 Å². The molecule has 0 spiro atoms. The molecule has 0 fully saturated rings. The quantitative estimate of drug-likeness (QED) is 0.747. The van der Waals surface area contributed by atoms with Crippen LogP contribution >= 0.6 is 0 Å². The molecule has 0 aliphatic heterocycles. The van der Waals surface area contributed by atoms with E-state index in [0.29, 0.717) is 25.1 Å². The number of carbonyl (C=O) groups excluding carboxylic acids is 1. The molecule has 0 unspecified atom stereocenters. The van der Waals surface area contributed by atoms with Gasteiger partial charge in [-0.2, -0.15) is 4.31 Å². The van der Waals surface area contributed by atoms with Crippen LogP contribution in [0.25, 0.3) is 0 Å². The van der Waals surface area contributed by atoms with Gasteiger partial charge < -0.3 is 11.1 Å². The molecule has 0 aliphatic carbocycles. The lowest BCUT2D eigenvalue weighted by atomic mass is 10.2. The molecule has 2 rings (SSSR count). The van der Waals surface area contributed by atoms with Crippen LogP contribution in [0.2, 0.25) is 0 Å². The van der Waals surface area contributed by atoms with E-state index in [2.05, 4.69) is 5.32 Å². The molecule has 7 heteroatoms. The summed E-state index contributed by atoms with van der Waals surface area (Å²) >= 11 is 0.